The number of para-hydroxylation sites is 1. The number of alkyl carbamates (subject to hydrolysis) is 1. The van der Waals surface area contributed by atoms with E-state index in [2.05, 4.69) is 26.0 Å². The lowest BCUT2D eigenvalue weighted by molar-refractivity contribution is -0.145. The Kier molecular flexibility index (Phi) is 9.89. The fraction of sp³-hybridized carbons (Fsp3) is 0.472. The minimum absolute atomic E-state index is 0.0414. The van der Waals surface area contributed by atoms with Crippen LogP contribution in [0.15, 0.2) is 66.7 Å². The van der Waals surface area contributed by atoms with Crippen LogP contribution < -0.4 is 15.4 Å². The number of carboxylic acids is 1. The van der Waals surface area contributed by atoms with E-state index in [0.717, 1.165) is 19.3 Å². The number of amides is 3. The molecule has 0 bridgehead atoms. The van der Waals surface area contributed by atoms with Gasteiger partial charge in [0.2, 0.25) is 17.6 Å². The van der Waals surface area contributed by atoms with Crippen molar-refractivity contribution in [1.29, 1.82) is 0 Å². The maximum atomic E-state index is 14.3. The van der Waals surface area contributed by atoms with Crippen molar-refractivity contribution < 1.29 is 33.8 Å². The molecule has 14 heteroatoms. The van der Waals surface area contributed by atoms with Crippen LogP contribution >= 0.6 is 0 Å². The van der Waals surface area contributed by atoms with Crippen LogP contribution in [0.2, 0.25) is 0 Å². The summed E-state index contributed by atoms with van der Waals surface area (Å²) < 4.78 is 11.4. The number of carboxylic acid groups (broad SMARTS) is 1. The molecule has 0 radical (unpaired) electrons. The Morgan fingerprint density at radius 3 is 2.58 bits per heavy atom. The molecule has 1 saturated carbocycles. The third-order valence-electron chi connectivity index (χ3n) is 9.15. The monoisotopic (exact) mass is 685 g/mol. The molecule has 50 heavy (non-hydrogen) atoms. The van der Waals surface area contributed by atoms with Crippen LogP contribution in [0.4, 0.5) is 4.79 Å². The lowest BCUT2D eigenvalue weighted by Gasteiger charge is -2.30. The number of tetrazole rings is 1. The minimum Gasteiger partial charge on any atom is -0.479 e. The van der Waals surface area contributed by atoms with E-state index in [9.17, 15) is 24.3 Å². The maximum absolute atomic E-state index is 14.3. The number of aliphatic carboxylic acids is 1. The van der Waals surface area contributed by atoms with E-state index >= 15 is 0 Å². The van der Waals surface area contributed by atoms with Gasteiger partial charge in [-0.15, -0.1) is 10.2 Å². The lowest BCUT2D eigenvalue weighted by Crippen LogP contribution is -2.56. The van der Waals surface area contributed by atoms with Gasteiger partial charge < -0.3 is 30.1 Å². The van der Waals surface area contributed by atoms with Gasteiger partial charge in [-0.05, 0) is 75.9 Å². The number of nitrogens with one attached hydrogen (secondary N) is 2. The number of hydrogen-bond acceptors (Lipinski definition) is 9. The summed E-state index contributed by atoms with van der Waals surface area (Å²) in [4.78, 5) is 56.3. The molecular formula is C36H43N7O7. The van der Waals surface area contributed by atoms with E-state index < -0.39 is 53.1 Å². The Bertz CT molecular complexity index is 1750. The molecule has 3 N–H and O–H groups in total. The summed E-state index contributed by atoms with van der Waals surface area (Å²) in [6.45, 7) is 5.25. The topological polar surface area (TPSA) is 178 Å². The van der Waals surface area contributed by atoms with Crippen molar-refractivity contribution in [2.45, 2.75) is 95.0 Å². The number of allylic oxidation sites excluding steroid dienone is 1. The Labute approximate surface area is 290 Å². The first-order chi connectivity index (χ1) is 23.9. The van der Waals surface area contributed by atoms with Crippen molar-refractivity contribution in [2.24, 2.45) is 5.92 Å². The molecule has 3 aromatic rings. The van der Waals surface area contributed by atoms with Crippen LogP contribution in [0.5, 0.6) is 11.5 Å². The third kappa shape index (κ3) is 7.95. The largest absolute Gasteiger partial charge is 0.479 e. The molecule has 2 aromatic carbocycles. The number of aromatic nitrogens is 4. The van der Waals surface area contributed by atoms with E-state index in [4.69, 9.17) is 9.47 Å². The smallest absolute Gasteiger partial charge is 0.408 e. The third-order valence-corrected chi connectivity index (χ3v) is 9.15. The van der Waals surface area contributed by atoms with E-state index in [-0.39, 0.29) is 25.3 Å². The second-order valence-corrected chi connectivity index (χ2v) is 14.1. The van der Waals surface area contributed by atoms with E-state index in [0.29, 0.717) is 35.7 Å². The number of rotatable bonds is 6. The molecule has 5 atom stereocenters. The summed E-state index contributed by atoms with van der Waals surface area (Å²) in [5, 5.41) is 28.8. The summed E-state index contributed by atoms with van der Waals surface area (Å²) in [6.07, 6.45) is 6.82. The average molecular weight is 686 g/mol. The summed E-state index contributed by atoms with van der Waals surface area (Å²) >= 11 is 0. The van der Waals surface area contributed by atoms with Crippen LogP contribution in [0.25, 0.3) is 11.4 Å². The highest BCUT2D eigenvalue weighted by Gasteiger charge is 2.61. The number of carbonyl (C=O) groups is 4. The summed E-state index contributed by atoms with van der Waals surface area (Å²) in [5.74, 6) is -0.934. The molecule has 6 rings (SSSR count). The number of hydrogen-bond donors (Lipinski definition) is 3. The number of fused-ring (bicyclic) bond motifs is 2. The van der Waals surface area contributed by atoms with Crippen LogP contribution in [-0.2, 0) is 19.1 Å². The first kappa shape index (κ1) is 34.6. The number of benzene rings is 2. The fourth-order valence-corrected chi connectivity index (χ4v) is 6.51. The molecule has 264 valence electrons. The van der Waals surface area contributed by atoms with Crippen molar-refractivity contribution in [3.8, 4) is 22.9 Å². The minimum atomic E-state index is -1.44. The Morgan fingerprint density at radius 2 is 1.82 bits per heavy atom. The first-order valence-corrected chi connectivity index (χ1v) is 17.1. The summed E-state index contributed by atoms with van der Waals surface area (Å²) in [7, 11) is 0. The predicted octanol–water partition coefficient (Wildman–Crippen LogP) is 4.65. The molecular weight excluding hydrogens is 642 g/mol. The van der Waals surface area contributed by atoms with Crippen molar-refractivity contribution in [3.63, 3.8) is 0 Å². The molecule has 0 spiro atoms. The zero-order valence-corrected chi connectivity index (χ0v) is 28.4. The van der Waals surface area contributed by atoms with Crippen LogP contribution in [0.1, 0.15) is 71.8 Å². The highest BCUT2D eigenvalue weighted by Crippen LogP contribution is 2.45. The first-order valence-electron chi connectivity index (χ1n) is 17.1. The highest BCUT2D eigenvalue weighted by molar-refractivity contribution is 5.96. The van der Waals surface area contributed by atoms with Gasteiger partial charge in [-0.1, -0.05) is 55.3 Å². The molecule has 0 unspecified atom stereocenters. The molecule has 1 aromatic heterocycles. The standard InChI is InChI=1S/C36H43N7O7/c1-35(2,3)50-34(48)37-28-18-11-6-4-5-8-14-24-21-36(24,33(46)47)38-31(44)29-20-25(22-42(29)32(28)45)43-40-30(39-41-43)23-13-12-17-27(19-23)49-26-15-9-7-10-16-26/h7-10,12-17,19,24-25,28-29H,4-6,11,18,20-22H2,1-3H3,(H,37,48)(H,38,44)(H,46,47)/b14-8-/t24-,25+,28+,29+,36+/m1/s1. The van der Waals surface area contributed by atoms with Gasteiger partial charge in [0, 0.05) is 24.4 Å². The highest BCUT2D eigenvalue weighted by atomic mass is 16.6. The molecule has 14 nitrogen and oxygen atoms in total. The van der Waals surface area contributed by atoms with E-state index in [1.54, 1.807) is 26.8 Å². The maximum Gasteiger partial charge on any atom is 0.408 e. The van der Waals surface area contributed by atoms with Crippen molar-refractivity contribution in [2.75, 3.05) is 6.54 Å². The van der Waals surface area contributed by atoms with Gasteiger partial charge in [-0.25, -0.2) is 9.59 Å². The average Bonchev–Trinajstić information content (AvgIpc) is 3.37. The van der Waals surface area contributed by atoms with E-state index in [1.165, 1.54) is 9.70 Å². The quantitative estimate of drug-likeness (QED) is 0.310. The predicted molar refractivity (Wildman–Crippen MR) is 181 cm³/mol. The van der Waals surface area contributed by atoms with Gasteiger partial charge in [0.15, 0.2) is 0 Å². The Balaban J connectivity index is 1.27. The molecule has 3 amide bonds. The zero-order valence-electron chi connectivity index (χ0n) is 28.4. The molecule has 3 heterocycles. The number of ether oxygens (including phenoxy) is 2. The molecule has 2 aliphatic heterocycles. The molecule has 1 aliphatic carbocycles. The van der Waals surface area contributed by atoms with E-state index in [1.807, 2.05) is 60.7 Å². The molecule has 1 saturated heterocycles. The number of carbonyl (C=O) groups excluding carboxylic acids is 3. The fourth-order valence-electron chi connectivity index (χ4n) is 6.51. The zero-order chi connectivity index (χ0) is 35.5. The lowest BCUT2D eigenvalue weighted by atomic mass is 10.0. The number of nitrogens with zero attached hydrogens (tertiary/aromatic N) is 5. The second-order valence-electron chi connectivity index (χ2n) is 14.1. The van der Waals surface area contributed by atoms with Crippen molar-refractivity contribution in [1.82, 2.24) is 35.7 Å². The van der Waals surface area contributed by atoms with Crippen LogP contribution in [0.3, 0.4) is 0 Å². The summed E-state index contributed by atoms with van der Waals surface area (Å²) in [6, 6.07) is 14.1. The Morgan fingerprint density at radius 1 is 1.04 bits per heavy atom. The summed E-state index contributed by atoms with van der Waals surface area (Å²) in [5.41, 5.74) is -1.57. The Hall–Kier alpha value is -5.27. The van der Waals surface area contributed by atoms with Crippen LogP contribution in [-0.4, -0.2) is 83.9 Å². The van der Waals surface area contributed by atoms with Gasteiger partial charge in [0.05, 0.1) is 6.04 Å². The normalized spacial score (nSPS) is 26.3. The van der Waals surface area contributed by atoms with Gasteiger partial charge in [0.1, 0.15) is 34.7 Å². The second kappa shape index (κ2) is 14.3. The van der Waals surface area contributed by atoms with Gasteiger partial charge in [-0.3, -0.25) is 9.59 Å². The molecule has 2 fully saturated rings. The van der Waals surface area contributed by atoms with Crippen molar-refractivity contribution >= 4 is 23.9 Å². The van der Waals surface area contributed by atoms with Gasteiger partial charge >= 0.3 is 12.1 Å². The van der Waals surface area contributed by atoms with Gasteiger partial charge in [0.25, 0.3) is 0 Å². The van der Waals surface area contributed by atoms with Crippen molar-refractivity contribution in [3.05, 3.63) is 66.7 Å². The molecule has 3 aliphatic rings. The van der Waals surface area contributed by atoms with Gasteiger partial charge in [-0.2, -0.15) is 4.80 Å². The van der Waals surface area contributed by atoms with Crippen LogP contribution in [0, 0.1) is 5.92 Å². The SMILES string of the molecule is CC(C)(C)OC(=O)N[C@H]1CCCCC/C=C\[C@@H]2C[C@]2(C(=O)O)NC(=O)[C@@H]2C[C@H](n3nnc(-c4cccc(Oc5ccccc5)c4)n3)CN2C1=O.